The van der Waals surface area contributed by atoms with Crippen LogP contribution in [0.2, 0.25) is 0 Å². The number of hydrogen-bond acceptors (Lipinski definition) is 3. The Balaban J connectivity index is 2.31. The Labute approximate surface area is 113 Å². The van der Waals surface area contributed by atoms with Gasteiger partial charge in [-0.1, -0.05) is 12.1 Å². The molecule has 0 saturated heterocycles. The van der Waals surface area contributed by atoms with Gasteiger partial charge in [0, 0.05) is 5.56 Å². The monoisotopic (exact) mass is 258 g/mol. The summed E-state index contributed by atoms with van der Waals surface area (Å²) < 4.78 is 10.8. The van der Waals surface area contributed by atoms with Crippen LogP contribution < -0.4 is 9.47 Å². The van der Waals surface area contributed by atoms with E-state index in [0.29, 0.717) is 0 Å². The van der Waals surface area contributed by atoms with Crippen LogP contribution in [0.1, 0.15) is 13.8 Å². The molecule has 0 heterocycles. The summed E-state index contributed by atoms with van der Waals surface area (Å²) in [6, 6.07) is 12.8. The highest BCUT2D eigenvalue weighted by atomic mass is 16.5. The molecule has 3 nitrogen and oxygen atoms in total. The average molecular weight is 258 g/mol. The number of aromatic hydroxyl groups is 1. The SMILES string of the molecule is COc1ccc(O)c(-c2ccc(OC(C)C)cc2)c1. The van der Waals surface area contributed by atoms with Crippen molar-refractivity contribution < 1.29 is 14.6 Å². The van der Waals surface area contributed by atoms with Gasteiger partial charge in [0.15, 0.2) is 0 Å². The van der Waals surface area contributed by atoms with Gasteiger partial charge in [-0.05, 0) is 49.7 Å². The maximum Gasteiger partial charge on any atom is 0.123 e. The molecule has 0 aliphatic rings. The minimum Gasteiger partial charge on any atom is -0.507 e. The summed E-state index contributed by atoms with van der Waals surface area (Å²) in [5, 5.41) is 9.91. The molecular formula is C16H18O3. The van der Waals surface area contributed by atoms with E-state index in [0.717, 1.165) is 22.6 Å². The summed E-state index contributed by atoms with van der Waals surface area (Å²) in [6.45, 7) is 3.98. The van der Waals surface area contributed by atoms with Crippen LogP contribution in [0.25, 0.3) is 11.1 Å². The van der Waals surface area contributed by atoms with E-state index in [9.17, 15) is 5.11 Å². The van der Waals surface area contributed by atoms with Crippen molar-refractivity contribution in [3.05, 3.63) is 42.5 Å². The minimum absolute atomic E-state index is 0.149. The van der Waals surface area contributed by atoms with E-state index in [2.05, 4.69) is 0 Å². The maximum atomic E-state index is 9.91. The molecule has 100 valence electrons. The number of hydrogen-bond donors (Lipinski definition) is 1. The quantitative estimate of drug-likeness (QED) is 0.905. The second-order valence-electron chi connectivity index (χ2n) is 4.57. The van der Waals surface area contributed by atoms with E-state index in [1.807, 2.05) is 44.2 Å². The lowest BCUT2D eigenvalue weighted by Gasteiger charge is -2.11. The summed E-state index contributed by atoms with van der Waals surface area (Å²) in [4.78, 5) is 0. The van der Waals surface area contributed by atoms with Crippen molar-refractivity contribution in [3.8, 4) is 28.4 Å². The van der Waals surface area contributed by atoms with Gasteiger partial charge in [0.1, 0.15) is 17.2 Å². The van der Waals surface area contributed by atoms with Crippen LogP contribution in [0.4, 0.5) is 0 Å². The van der Waals surface area contributed by atoms with Crippen LogP contribution in [0, 0.1) is 0 Å². The normalized spacial score (nSPS) is 10.5. The van der Waals surface area contributed by atoms with Gasteiger partial charge in [-0.2, -0.15) is 0 Å². The van der Waals surface area contributed by atoms with Gasteiger partial charge in [0.25, 0.3) is 0 Å². The maximum absolute atomic E-state index is 9.91. The van der Waals surface area contributed by atoms with Crippen molar-refractivity contribution in [3.63, 3.8) is 0 Å². The van der Waals surface area contributed by atoms with E-state index in [1.165, 1.54) is 0 Å². The molecule has 2 aromatic rings. The molecule has 2 rings (SSSR count). The third-order valence-corrected chi connectivity index (χ3v) is 2.74. The molecule has 0 amide bonds. The van der Waals surface area contributed by atoms with E-state index in [4.69, 9.17) is 9.47 Å². The van der Waals surface area contributed by atoms with Crippen LogP contribution in [-0.2, 0) is 0 Å². The fourth-order valence-electron chi connectivity index (χ4n) is 1.86. The predicted molar refractivity (Wildman–Crippen MR) is 75.9 cm³/mol. The van der Waals surface area contributed by atoms with Crippen molar-refractivity contribution in [2.45, 2.75) is 20.0 Å². The number of phenolic OH excluding ortho intramolecular Hbond substituents is 1. The summed E-state index contributed by atoms with van der Waals surface area (Å²) >= 11 is 0. The average Bonchev–Trinajstić information content (AvgIpc) is 2.40. The minimum atomic E-state index is 0.149. The van der Waals surface area contributed by atoms with E-state index < -0.39 is 0 Å². The standard InChI is InChI=1S/C16H18O3/c1-11(2)19-13-6-4-12(5-7-13)15-10-14(18-3)8-9-16(15)17/h4-11,17H,1-3H3. The van der Waals surface area contributed by atoms with E-state index >= 15 is 0 Å². The molecular weight excluding hydrogens is 240 g/mol. The molecule has 0 spiro atoms. The van der Waals surface area contributed by atoms with Crippen molar-refractivity contribution in [2.24, 2.45) is 0 Å². The molecule has 3 heteroatoms. The highest BCUT2D eigenvalue weighted by molar-refractivity contribution is 5.72. The van der Waals surface area contributed by atoms with Crippen molar-refractivity contribution in [1.82, 2.24) is 0 Å². The lowest BCUT2D eigenvalue weighted by molar-refractivity contribution is 0.242. The molecule has 0 aliphatic carbocycles. The molecule has 0 radical (unpaired) electrons. The number of methoxy groups -OCH3 is 1. The third kappa shape index (κ3) is 3.19. The highest BCUT2D eigenvalue weighted by Gasteiger charge is 2.06. The van der Waals surface area contributed by atoms with Crippen LogP contribution in [0.5, 0.6) is 17.2 Å². The lowest BCUT2D eigenvalue weighted by atomic mass is 10.0. The van der Waals surface area contributed by atoms with Crippen molar-refractivity contribution in [2.75, 3.05) is 7.11 Å². The first-order valence-electron chi connectivity index (χ1n) is 6.24. The zero-order valence-corrected chi connectivity index (χ0v) is 11.4. The molecule has 1 N–H and O–H groups in total. The van der Waals surface area contributed by atoms with Crippen LogP contribution in [0.15, 0.2) is 42.5 Å². The second kappa shape index (κ2) is 5.65. The molecule has 0 fully saturated rings. The molecule has 0 saturated carbocycles. The first kappa shape index (κ1) is 13.3. The van der Waals surface area contributed by atoms with Crippen molar-refractivity contribution in [1.29, 1.82) is 0 Å². The Bertz CT molecular complexity index is 544. The first-order valence-corrected chi connectivity index (χ1v) is 6.24. The van der Waals surface area contributed by atoms with Crippen LogP contribution >= 0.6 is 0 Å². The molecule has 0 aromatic heterocycles. The highest BCUT2D eigenvalue weighted by Crippen LogP contribution is 2.33. The Kier molecular flexibility index (Phi) is 3.95. The van der Waals surface area contributed by atoms with Crippen molar-refractivity contribution >= 4 is 0 Å². The second-order valence-corrected chi connectivity index (χ2v) is 4.57. The van der Waals surface area contributed by atoms with Crippen LogP contribution in [-0.4, -0.2) is 18.3 Å². The van der Waals surface area contributed by atoms with Gasteiger partial charge in [0.05, 0.1) is 13.2 Å². The number of rotatable bonds is 4. The third-order valence-electron chi connectivity index (χ3n) is 2.74. The number of benzene rings is 2. The molecule has 2 aromatic carbocycles. The predicted octanol–water partition coefficient (Wildman–Crippen LogP) is 3.86. The summed E-state index contributed by atoms with van der Waals surface area (Å²) in [5.74, 6) is 1.77. The summed E-state index contributed by atoms with van der Waals surface area (Å²) in [5.41, 5.74) is 1.67. The lowest BCUT2D eigenvalue weighted by Crippen LogP contribution is -2.05. The van der Waals surface area contributed by atoms with E-state index in [1.54, 1.807) is 19.2 Å². The van der Waals surface area contributed by atoms with Gasteiger partial charge < -0.3 is 14.6 Å². The fourth-order valence-corrected chi connectivity index (χ4v) is 1.86. The summed E-state index contributed by atoms with van der Waals surface area (Å²) in [7, 11) is 1.61. The topological polar surface area (TPSA) is 38.7 Å². The molecule has 19 heavy (non-hydrogen) atoms. The number of ether oxygens (including phenoxy) is 2. The Hall–Kier alpha value is -2.16. The van der Waals surface area contributed by atoms with Gasteiger partial charge >= 0.3 is 0 Å². The fraction of sp³-hybridized carbons (Fsp3) is 0.250. The molecule has 0 bridgehead atoms. The van der Waals surface area contributed by atoms with Crippen LogP contribution in [0.3, 0.4) is 0 Å². The summed E-state index contributed by atoms with van der Waals surface area (Å²) in [6.07, 6.45) is 0.149. The van der Waals surface area contributed by atoms with Gasteiger partial charge in [-0.15, -0.1) is 0 Å². The molecule has 0 aliphatic heterocycles. The first-order chi connectivity index (χ1) is 9.10. The molecule has 0 atom stereocenters. The smallest absolute Gasteiger partial charge is 0.123 e. The Morgan fingerprint density at radius 2 is 1.58 bits per heavy atom. The van der Waals surface area contributed by atoms with Gasteiger partial charge in [-0.3, -0.25) is 0 Å². The van der Waals surface area contributed by atoms with E-state index in [-0.39, 0.29) is 11.9 Å². The van der Waals surface area contributed by atoms with Gasteiger partial charge in [-0.25, -0.2) is 0 Å². The Morgan fingerprint density at radius 3 is 2.16 bits per heavy atom. The number of phenols is 1. The zero-order valence-electron chi connectivity index (χ0n) is 11.4. The zero-order chi connectivity index (χ0) is 13.8. The Morgan fingerprint density at radius 1 is 0.947 bits per heavy atom. The van der Waals surface area contributed by atoms with Gasteiger partial charge in [0.2, 0.25) is 0 Å². The largest absolute Gasteiger partial charge is 0.507 e. The molecule has 0 unspecified atom stereocenters.